The lowest BCUT2D eigenvalue weighted by Crippen LogP contribution is -2.61. The number of hydrogen-bond acceptors (Lipinski definition) is 13. The van der Waals surface area contributed by atoms with Gasteiger partial charge in [0.25, 0.3) is 5.91 Å². The summed E-state index contributed by atoms with van der Waals surface area (Å²) in [5.41, 5.74) is 4.85. The molecule has 5 aliphatic heterocycles. The van der Waals surface area contributed by atoms with Crippen molar-refractivity contribution in [1.82, 2.24) is 45.2 Å². The molecule has 5 fully saturated rings. The highest BCUT2D eigenvalue weighted by atomic mass is 16.5. The van der Waals surface area contributed by atoms with E-state index in [-0.39, 0.29) is 32.2 Å². The molecule has 0 spiro atoms. The second kappa shape index (κ2) is 16.1. The van der Waals surface area contributed by atoms with Crippen LogP contribution in [0.3, 0.4) is 0 Å². The first-order chi connectivity index (χ1) is 29.9. The van der Waals surface area contributed by atoms with Crippen molar-refractivity contribution in [1.29, 1.82) is 0 Å². The van der Waals surface area contributed by atoms with Gasteiger partial charge in [-0.25, -0.2) is 15.0 Å². The molecular formula is C46H63N11O5. The number of rotatable bonds is 11. The van der Waals surface area contributed by atoms with Crippen molar-refractivity contribution in [2.24, 2.45) is 11.8 Å². The Balaban J connectivity index is 0.00000280. The summed E-state index contributed by atoms with van der Waals surface area (Å²) in [7, 11) is 1.66. The minimum Gasteiger partial charge on any atom is -0.494 e. The summed E-state index contributed by atoms with van der Waals surface area (Å²) in [5.74, 6) is 2.69. The Labute approximate surface area is 365 Å². The first-order valence-corrected chi connectivity index (χ1v) is 22.6. The lowest BCUT2D eigenvalue weighted by atomic mass is 9.90. The van der Waals surface area contributed by atoms with E-state index >= 15 is 0 Å². The van der Waals surface area contributed by atoms with Crippen LogP contribution in [-0.2, 0) is 16.1 Å². The minimum atomic E-state index is -0.646. The predicted molar refractivity (Wildman–Crippen MR) is 238 cm³/mol. The monoisotopic (exact) mass is 850 g/mol. The maximum Gasteiger partial charge on any atom is 0.255 e. The Morgan fingerprint density at radius 3 is 2.35 bits per heavy atom. The number of amides is 3. The molecule has 3 aromatic heterocycles. The van der Waals surface area contributed by atoms with Crippen LogP contribution in [0.15, 0.2) is 36.8 Å². The highest BCUT2D eigenvalue weighted by molar-refractivity contribution is 6.06. The Hall–Kier alpha value is -5.35. The number of ether oxygens (including phenoxy) is 2. The summed E-state index contributed by atoms with van der Waals surface area (Å²) in [6, 6.07) is 7.28. The van der Waals surface area contributed by atoms with Crippen LogP contribution in [0, 0.1) is 11.8 Å². The van der Waals surface area contributed by atoms with Crippen LogP contribution in [0.5, 0.6) is 11.6 Å². The number of anilines is 2. The molecular weight excluding hydrogens is 787 g/mol. The van der Waals surface area contributed by atoms with Gasteiger partial charge in [0.2, 0.25) is 17.7 Å². The van der Waals surface area contributed by atoms with E-state index in [1.54, 1.807) is 24.5 Å². The Kier molecular flexibility index (Phi) is 10.6. The number of aromatic amines is 1. The molecule has 16 nitrogen and oxygen atoms in total. The van der Waals surface area contributed by atoms with Gasteiger partial charge in [-0.05, 0) is 89.7 Å². The average Bonchev–Trinajstić information content (AvgIpc) is 3.68. The maximum absolute atomic E-state index is 13.4. The average molecular weight is 850 g/mol. The zero-order valence-electron chi connectivity index (χ0n) is 36.5. The summed E-state index contributed by atoms with van der Waals surface area (Å²) < 4.78 is 12.1. The topological polar surface area (TPSA) is 165 Å². The Morgan fingerprint density at radius 1 is 0.871 bits per heavy atom. The molecule has 1 aliphatic carbocycles. The van der Waals surface area contributed by atoms with Gasteiger partial charge in [0.15, 0.2) is 0 Å². The van der Waals surface area contributed by atoms with Crippen molar-refractivity contribution >= 4 is 40.1 Å². The quantitative estimate of drug-likeness (QED) is 0.191. The predicted octanol–water partition coefficient (Wildman–Crippen LogP) is 5.14. The van der Waals surface area contributed by atoms with Crippen LogP contribution < -0.4 is 24.6 Å². The van der Waals surface area contributed by atoms with Crippen molar-refractivity contribution in [2.75, 3.05) is 75.8 Å². The number of pyridine rings is 1. The van der Waals surface area contributed by atoms with Gasteiger partial charge in [-0.1, -0.05) is 0 Å². The number of nitrogens with zero attached hydrogens (tertiary/aromatic N) is 9. The van der Waals surface area contributed by atoms with Crippen molar-refractivity contribution in [2.45, 2.75) is 95.9 Å². The third kappa shape index (κ3) is 7.95. The van der Waals surface area contributed by atoms with E-state index in [0.29, 0.717) is 36.2 Å². The maximum atomic E-state index is 13.4. The Bertz CT molecular complexity index is 2380. The van der Waals surface area contributed by atoms with Crippen molar-refractivity contribution in [3.63, 3.8) is 0 Å². The van der Waals surface area contributed by atoms with Gasteiger partial charge in [-0.3, -0.25) is 34.6 Å². The van der Waals surface area contributed by atoms with Crippen LogP contribution in [0.4, 0.5) is 11.5 Å². The van der Waals surface area contributed by atoms with Gasteiger partial charge >= 0.3 is 0 Å². The fourth-order valence-electron chi connectivity index (χ4n) is 10.6. The third-order valence-electron chi connectivity index (χ3n) is 14.5. The minimum absolute atomic E-state index is 0. The van der Waals surface area contributed by atoms with Crippen molar-refractivity contribution in [3.8, 4) is 23.0 Å². The summed E-state index contributed by atoms with van der Waals surface area (Å²) in [5, 5.41) is 11.1. The molecule has 1 saturated carbocycles. The number of aromatic nitrogens is 5. The largest absolute Gasteiger partial charge is 0.494 e. The number of imide groups is 1. The number of piperidine rings is 3. The molecule has 4 saturated heterocycles. The van der Waals surface area contributed by atoms with Gasteiger partial charge in [0.1, 0.15) is 35.2 Å². The molecule has 332 valence electrons. The van der Waals surface area contributed by atoms with Crippen LogP contribution in [0.1, 0.15) is 90.9 Å². The number of carbonyl (C=O) groups is 3. The number of methoxy groups -OCH3 is 1. The molecule has 2 N–H and O–H groups in total. The van der Waals surface area contributed by atoms with Gasteiger partial charge in [-0.15, -0.1) is 0 Å². The van der Waals surface area contributed by atoms with E-state index in [1.165, 1.54) is 0 Å². The lowest BCUT2D eigenvalue weighted by molar-refractivity contribution is -0.136. The van der Waals surface area contributed by atoms with Crippen molar-refractivity contribution in [3.05, 3.63) is 47.9 Å². The fourth-order valence-corrected chi connectivity index (χ4v) is 10.6. The highest BCUT2D eigenvalue weighted by Gasteiger charge is 2.43. The summed E-state index contributed by atoms with van der Waals surface area (Å²) in [6.07, 6.45) is 10.6. The van der Waals surface area contributed by atoms with E-state index < -0.39 is 11.9 Å². The molecule has 1 unspecified atom stereocenters. The highest BCUT2D eigenvalue weighted by Crippen LogP contribution is 2.42. The van der Waals surface area contributed by atoms with Gasteiger partial charge in [0.05, 0.1) is 36.7 Å². The molecule has 3 amide bonds. The van der Waals surface area contributed by atoms with E-state index in [4.69, 9.17) is 14.5 Å². The molecule has 1 aromatic carbocycles. The van der Waals surface area contributed by atoms with E-state index in [0.717, 1.165) is 143 Å². The number of H-pyrrole nitrogens is 1. The smallest absolute Gasteiger partial charge is 0.255 e. The number of piperazine rings is 1. The Morgan fingerprint density at radius 2 is 1.63 bits per heavy atom. The first kappa shape index (κ1) is 40.7. The van der Waals surface area contributed by atoms with Crippen LogP contribution >= 0.6 is 0 Å². The second-order valence-electron chi connectivity index (χ2n) is 19.4. The molecule has 6 aliphatic rings. The normalized spacial score (nSPS) is 23.5. The molecule has 62 heavy (non-hydrogen) atoms. The van der Waals surface area contributed by atoms with Gasteiger partial charge < -0.3 is 24.2 Å². The molecule has 1 atom stereocenters. The van der Waals surface area contributed by atoms with Gasteiger partial charge in [-0.2, -0.15) is 5.10 Å². The van der Waals surface area contributed by atoms with Gasteiger partial charge in [0, 0.05) is 102 Å². The summed E-state index contributed by atoms with van der Waals surface area (Å²) >= 11 is 0. The van der Waals surface area contributed by atoms with Crippen LogP contribution in [0.25, 0.3) is 22.3 Å². The molecule has 16 heteroatoms. The number of hydrogen-bond donors (Lipinski definition) is 2. The SMILES string of the molecule is COc1c(N2CCC(CN3CCN(CC4CCN(c5cc(-c6n[nH]c7cnc(OC8(C)CC8)cc67)ncn5)CC4)C(C)(C)C3)CC2)ccc2c1CN(C1CCC(=O)NC1=O)C2=O.[HH].[HH]. The standard InChI is InChI=1S/C46H59N11O5.2H2/c1-45(2)27-53(24-29-9-15-54(16-10-29)36-6-5-31-33(42(36)61-4)26-57(44(31)60)37-7-8-39(58)50-43(37)59)19-20-56(45)25-30-11-17-55(18-12-30)38-22-34(48-28-49-38)41-32-21-40(62-46(3)13-14-46)47-23-35(32)51-52-41;;/h5-6,21-23,28-30,37H,7-20,24-27H2,1-4H3,(H,51,52)(H,50,58,59);2*1H. The first-order valence-electron chi connectivity index (χ1n) is 22.6. The third-order valence-corrected chi connectivity index (χ3v) is 14.5. The van der Waals surface area contributed by atoms with E-state index in [9.17, 15) is 14.4 Å². The summed E-state index contributed by atoms with van der Waals surface area (Å²) in [6.45, 7) is 16.5. The number of fused-ring (bicyclic) bond motifs is 2. The van der Waals surface area contributed by atoms with Crippen LogP contribution in [-0.4, -0.2) is 141 Å². The fraction of sp³-hybridized carbons (Fsp3) is 0.587. The number of carbonyl (C=O) groups excluding carboxylic acids is 3. The zero-order valence-corrected chi connectivity index (χ0v) is 36.5. The van der Waals surface area contributed by atoms with Crippen LogP contribution in [0.2, 0.25) is 0 Å². The molecule has 8 heterocycles. The molecule has 0 bridgehead atoms. The molecule has 10 rings (SSSR count). The molecule has 4 aromatic rings. The second-order valence-corrected chi connectivity index (χ2v) is 19.4. The van der Waals surface area contributed by atoms with Crippen molar-refractivity contribution < 1.29 is 26.7 Å². The lowest BCUT2D eigenvalue weighted by Gasteiger charge is -2.50. The summed E-state index contributed by atoms with van der Waals surface area (Å²) in [4.78, 5) is 63.4. The zero-order chi connectivity index (χ0) is 42.8. The number of nitrogens with one attached hydrogen (secondary N) is 2. The number of benzene rings is 1. The van der Waals surface area contributed by atoms with E-state index in [1.807, 2.05) is 18.2 Å². The molecule has 0 radical (unpaired) electrons. The van der Waals surface area contributed by atoms with E-state index in [2.05, 4.69) is 71.9 Å².